The molecule has 0 bridgehead atoms. The largest absolute Gasteiger partial charge is 0.445 e. The second kappa shape index (κ2) is 6.15. The molecule has 1 amide bonds. The number of hydrogen-bond donors (Lipinski definition) is 1. The number of alkyl carbamates (subject to hydrolysis) is 1. The van der Waals surface area contributed by atoms with Crippen LogP contribution in [0, 0.1) is 41.1 Å². The van der Waals surface area contributed by atoms with E-state index in [0.29, 0.717) is 30.0 Å². The number of hydrogen-bond acceptors (Lipinski definition) is 3. The van der Waals surface area contributed by atoms with Crippen molar-refractivity contribution in [3.05, 3.63) is 11.6 Å². The summed E-state index contributed by atoms with van der Waals surface area (Å²) in [6.45, 7) is 4.71. The van der Waals surface area contributed by atoms with E-state index in [1.165, 1.54) is 12.0 Å². The number of ketones is 1. The first-order valence-electron chi connectivity index (χ1n) is 10.0. The lowest BCUT2D eigenvalue weighted by atomic mass is 9.47. The highest BCUT2D eigenvalue weighted by Gasteiger charge is 2.59. The smallest absolute Gasteiger partial charge is 0.419 e. The molecule has 4 heteroatoms. The molecule has 3 saturated carbocycles. The average molecular weight is 355 g/mol. The van der Waals surface area contributed by atoms with Gasteiger partial charge in [0.25, 0.3) is 0 Å². The van der Waals surface area contributed by atoms with Gasteiger partial charge in [0.1, 0.15) is 6.10 Å². The summed E-state index contributed by atoms with van der Waals surface area (Å²) in [7, 11) is 0. The average Bonchev–Trinajstić information content (AvgIpc) is 2.92. The van der Waals surface area contributed by atoms with E-state index in [9.17, 15) is 9.59 Å². The molecular formula is C22H29NO3. The van der Waals surface area contributed by atoms with E-state index in [4.69, 9.17) is 11.2 Å². The summed E-state index contributed by atoms with van der Waals surface area (Å²) < 4.78 is 5.70. The van der Waals surface area contributed by atoms with Gasteiger partial charge in [0, 0.05) is 17.9 Å². The number of allylic oxidation sites excluding steroid dienone is 1. The predicted molar refractivity (Wildman–Crippen MR) is 98.9 cm³/mol. The minimum Gasteiger partial charge on any atom is -0.445 e. The predicted octanol–water partition coefficient (Wildman–Crippen LogP) is 4.20. The number of ether oxygens (including phenoxy) is 1. The van der Waals surface area contributed by atoms with Crippen molar-refractivity contribution in [1.82, 2.24) is 5.32 Å². The van der Waals surface area contributed by atoms with Gasteiger partial charge in [0.15, 0.2) is 5.78 Å². The lowest BCUT2D eigenvalue weighted by molar-refractivity contribution is -0.118. The van der Waals surface area contributed by atoms with Crippen molar-refractivity contribution in [2.75, 3.05) is 0 Å². The van der Waals surface area contributed by atoms with Crippen molar-refractivity contribution in [3.8, 4) is 12.5 Å². The molecule has 3 fully saturated rings. The maximum Gasteiger partial charge on any atom is 0.419 e. The van der Waals surface area contributed by atoms with Gasteiger partial charge in [-0.15, -0.1) is 0 Å². The van der Waals surface area contributed by atoms with E-state index >= 15 is 0 Å². The molecular weight excluding hydrogens is 326 g/mol. The highest BCUT2D eigenvalue weighted by molar-refractivity contribution is 5.91. The molecule has 26 heavy (non-hydrogen) atoms. The molecule has 4 aliphatic rings. The molecule has 0 spiro atoms. The van der Waals surface area contributed by atoms with Crippen LogP contribution >= 0.6 is 0 Å². The number of nitrogens with one attached hydrogen (secondary N) is 1. The van der Waals surface area contributed by atoms with Crippen molar-refractivity contribution in [2.45, 2.75) is 71.3 Å². The van der Waals surface area contributed by atoms with Crippen molar-refractivity contribution in [2.24, 2.45) is 28.6 Å². The Morgan fingerprint density at radius 1 is 1.19 bits per heavy atom. The van der Waals surface area contributed by atoms with Crippen LogP contribution < -0.4 is 5.32 Å². The maximum absolute atomic E-state index is 11.9. The van der Waals surface area contributed by atoms with Crippen molar-refractivity contribution in [3.63, 3.8) is 0 Å². The van der Waals surface area contributed by atoms with Gasteiger partial charge in [-0.3, -0.25) is 4.79 Å². The third-order valence-electron chi connectivity index (χ3n) is 8.30. The minimum atomic E-state index is -0.492. The highest BCUT2D eigenvalue weighted by Crippen LogP contribution is 2.65. The Kier molecular flexibility index (Phi) is 4.17. The fourth-order valence-electron chi connectivity index (χ4n) is 6.92. The van der Waals surface area contributed by atoms with Gasteiger partial charge < -0.3 is 4.74 Å². The summed E-state index contributed by atoms with van der Waals surface area (Å²) in [5, 5.41) is 2.32. The Bertz CT molecular complexity index is 705. The Morgan fingerprint density at radius 2 is 2.00 bits per heavy atom. The molecule has 0 radical (unpaired) electrons. The van der Waals surface area contributed by atoms with Crippen LogP contribution in [0.25, 0.3) is 0 Å². The summed E-state index contributed by atoms with van der Waals surface area (Å²) in [5.74, 6) is 2.24. The Hall–Kier alpha value is -1.76. The molecule has 0 aromatic heterocycles. The molecule has 0 unspecified atom stereocenters. The van der Waals surface area contributed by atoms with E-state index in [-0.39, 0.29) is 16.9 Å². The molecule has 4 nitrogen and oxygen atoms in total. The normalized spacial score (nSPS) is 44.0. The van der Waals surface area contributed by atoms with Gasteiger partial charge in [0.2, 0.25) is 0 Å². The Labute approximate surface area is 156 Å². The Balaban J connectivity index is 1.57. The topological polar surface area (TPSA) is 55.4 Å². The standard InChI is InChI=1S/C22H29NO3/c1-4-23-20(25)26-19-8-7-17-16-6-5-14-13-15(24)9-11-21(14,2)18(16)10-12-22(17,19)3/h1,13,16-19H,5-12H2,2-3H3,(H,23,25)/t16-,17-,18-,19-,21-,22-/m0/s1. The van der Waals surface area contributed by atoms with Crippen LogP contribution in [0.1, 0.15) is 65.2 Å². The lowest BCUT2D eigenvalue weighted by Gasteiger charge is -2.57. The van der Waals surface area contributed by atoms with Gasteiger partial charge in [0.05, 0.1) is 0 Å². The molecule has 0 aromatic carbocycles. The number of terminal acetylenes is 1. The zero-order valence-corrected chi connectivity index (χ0v) is 15.8. The van der Waals surface area contributed by atoms with Gasteiger partial charge >= 0.3 is 6.09 Å². The molecule has 0 saturated heterocycles. The maximum atomic E-state index is 11.9. The van der Waals surface area contributed by atoms with Crippen LogP contribution in [0.2, 0.25) is 0 Å². The van der Waals surface area contributed by atoms with E-state index < -0.39 is 6.09 Å². The van der Waals surface area contributed by atoms with Crippen LogP contribution in [-0.4, -0.2) is 18.0 Å². The van der Waals surface area contributed by atoms with Gasteiger partial charge in [-0.25, -0.2) is 10.1 Å². The summed E-state index contributed by atoms with van der Waals surface area (Å²) >= 11 is 0. The zero-order chi connectivity index (χ0) is 18.5. The first-order valence-corrected chi connectivity index (χ1v) is 10.0. The van der Waals surface area contributed by atoms with E-state index in [2.05, 4.69) is 25.2 Å². The molecule has 4 aliphatic carbocycles. The molecule has 0 heterocycles. The van der Waals surface area contributed by atoms with Crippen LogP contribution in [0.5, 0.6) is 0 Å². The first kappa shape index (κ1) is 17.6. The quantitative estimate of drug-likeness (QED) is 0.566. The molecule has 140 valence electrons. The van der Waals surface area contributed by atoms with Crippen LogP contribution in [-0.2, 0) is 9.53 Å². The van der Waals surface area contributed by atoms with Gasteiger partial charge in [-0.1, -0.05) is 25.8 Å². The third-order valence-corrected chi connectivity index (χ3v) is 8.30. The lowest BCUT2D eigenvalue weighted by Crippen LogP contribution is -2.51. The van der Waals surface area contributed by atoms with Gasteiger partial charge in [-0.2, -0.15) is 0 Å². The summed E-state index contributed by atoms with van der Waals surface area (Å²) in [6, 6.07) is 2.15. The summed E-state index contributed by atoms with van der Waals surface area (Å²) in [6.07, 6.45) is 14.8. The molecule has 0 aromatic rings. The fraction of sp³-hybridized carbons (Fsp3) is 0.727. The number of amides is 1. The van der Waals surface area contributed by atoms with Crippen LogP contribution in [0.15, 0.2) is 11.6 Å². The van der Waals surface area contributed by atoms with Gasteiger partial charge in [-0.05, 0) is 74.2 Å². The molecule has 0 aliphatic heterocycles. The van der Waals surface area contributed by atoms with E-state index in [1.54, 1.807) is 0 Å². The van der Waals surface area contributed by atoms with Crippen molar-refractivity contribution in [1.29, 1.82) is 0 Å². The van der Waals surface area contributed by atoms with Crippen molar-refractivity contribution < 1.29 is 14.3 Å². The highest BCUT2D eigenvalue weighted by atomic mass is 16.6. The van der Waals surface area contributed by atoms with Crippen molar-refractivity contribution >= 4 is 11.9 Å². The van der Waals surface area contributed by atoms with Crippen LogP contribution in [0.4, 0.5) is 4.79 Å². The number of carbonyl (C=O) groups is 2. The zero-order valence-electron chi connectivity index (χ0n) is 15.8. The number of carbonyl (C=O) groups excluding carboxylic acids is 2. The minimum absolute atomic E-state index is 0.0421. The second-order valence-electron chi connectivity index (χ2n) is 9.25. The Morgan fingerprint density at radius 3 is 2.77 bits per heavy atom. The third kappa shape index (κ3) is 2.51. The molecule has 6 atom stereocenters. The summed E-state index contributed by atoms with van der Waals surface area (Å²) in [5.41, 5.74) is 1.64. The monoisotopic (exact) mass is 355 g/mol. The number of fused-ring (bicyclic) bond motifs is 5. The second-order valence-corrected chi connectivity index (χ2v) is 9.25. The first-order chi connectivity index (χ1) is 12.4. The van der Waals surface area contributed by atoms with E-state index in [0.717, 1.165) is 38.5 Å². The SMILES string of the molecule is C#CNC(=O)O[C@H]1CC[C@H]2[C@@H]3CCC4=CC(=O)CC[C@]4(C)[C@H]3CC[C@]12C. The fourth-order valence-corrected chi connectivity index (χ4v) is 6.92. The van der Waals surface area contributed by atoms with E-state index in [1.807, 2.05) is 6.08 Å². The summed E-state index contributed by atoms with van der Waals surface area (Å²) in [4.78, 5) is 23.8. The molecule has 1 N–H and O–H groups in total. The molecule has 4 rings (SSSR count). The van der Waals surface area contributed by atoms with Crippen LogP contribution in [0.3, 0.4) is 0 Å². The number of rotatable bonds is 1.